The van der Waals surface area contributed by atoms with Gasteiger partial charge in [0.1, 0.15) is 5.82 Å². The molecule has 18 heavy (non-hydrogen) atoms. The maximum atomic E-state index is 5.93. The van der Waals surface area contributed by atoms with Crippen LogP contribution in [0.2, 0.25) is 10.0 Å². The molecule has 0 saturated heterocycles. The van der Waals surface area contributed by atoms with Gasteiger partial charge in [-0.25, -0.2) is 4.98 Å². The van der Waals surface area contributed by atoms with Gasteiger partial charge in [0, 0.05) is 29.0 Å². The second-order valence-corrected chi connectivity index (χ2v) is 5.15. The Hall–Kier alpha value is -1.04. The Morgan fingerprint density at radius 2 is 1.83 bits per heavy atom. The van der Waals surface area contributed by atoms with Crippen LogP contribution in [0.1, 0.15) is 0 Å². The van der Waals surface area contributed by atoms with Crippen molar-refractivity contribution < 1.29 is 0 Å². The molecular weight excluding hydrogens is 339 g/mol. The number of halogens is 3. The molecule has 7 heteroatoms. The molecule has 4 nitrogen and oxygen atoms in total. The SMILES string of the molecule is CNc1ncc(Br)c(Nc2cc(Cl)cc(Cl)c2)n1. The number of nitrogens with zero attached hydrogens (tertiary/aromatic N) is 2. The van der Waals surface area contributed by atoms with Crippen LogP contribution >= 0.6 is 39.1 Å². The molecule has 0 spiro atoms. The fraction of sp³-hybridized carbons (Fsp3) is 0.0909. The standard InChI is InChI=1S/C11H9BrCl2N4/c1-15-11-16-5-9(12)10(18-11)17-8-3-6(13)2-7(14)4-8/h2-5H,1H3,(H2,15,16,17,18). The van der Waals surface area contributed by atoms with Crippen molar-refractivity contribution in [3.63, 3.8) is 0 Å². The van der Waals surface area contributed by atoms with E-state index in [-0.39, 0.29) is 0 Å². The summed E-state index contributed by atoms with van der Waals surface area (Å²) >= 11 is 15.2. The lowest BCUT2D eigenvalue weighted by molar-refractivity contribution is 1.14. The molecule has 1 aromatic carbocycles. The van der Waals surface area contributed by atoms with Crippen molar-refractivity contribution in [2.24, 2.45) is 0 Å². The van der Waals surface area contributed by atoms with Crippen molar-refractivity contribution in [3.05, 3.63) is 38.9 Å². The van der Waals surface area contributed by atoms with E-state index in [1.807, 2.05) is 0 Å². The molecule has 0 atom stereocenters. The van der Waals surface area contributed by atoms with Gasteiger partial charge < -0.3 is 10.6 Å². The van der Waals surface area contributed by atoms with Gasteiger partial charge in [-0.2, -0.15) is 4.98 Å². The Bertz CT molecular complexity index is 557. The molecule has 2 rings (SSSR count). The summed E-state index contributed by atoms with van der Waals surface area (Å²) in [6.07, 6.45) is 1.66. The van der Waals surface area contributed by atoms with Crippen molar-refractivity contribution in [2.45, 2.75) is 0 Å². The van der Waals surface area contributed by atoms with Gasteiger partial charge in [0.2, 0.25) is 5.95 Å². The first kappa shape index (κ1) is 13.4. The fourth-order valence-corrected chi connectivity index (χ4v) is 2.15. The van der Waals surface area contributed by atoms with E-state index < -0.39 is 0 Å². The summed E-state index contributed by atoms with van der Waals surface area (Å²) < 4.78 is 0.748. The summed E-state index contributed by atoms with van der Waals surface area (Å²) in [5.74, 6) is 1.15. The second-order valence-electron chi connectivity index (χ2n) is 3.42. The Morgan fingerprint density at radius 1 is 1.17 bits per heavy atom. The zero-order chi connectivity index (χ0) is 13.1. The summed E-state index contributed by atoms with van der Waals surface area (Å²) in [4.78, 5) is 8.35. The molecule has 2 aromatic rings. The van der Waals surface area contributed by atoms with Gasteiger partial charge in [0.15, 0.2) is 0 Å². The van der Waals surface area contributed by atoms with Crippen molar-refractivity contribution in [1.82, 2.24) is 9.97 Å². The molecule has 1 aromatic heterocycles. The van der Waals surface area contributed by atoms with Crippen LogP contribution in [-0.4, -0.2) is 17.0 Å². The molecule has 2 N–H and O–H groups in total. The lowest BCUT2D eigenvalue weighted by atomic mass is 10.3. The summed E-state index contributed by atoms with van der Waals surface area (Å²) in [5, 5.41) is 7.11. The first-order chi connectivity index (χ1) is 8.58. The highest BCUT2D eigenvalue weighted by Crippen LogP contribution is 2.28. The minimum atomic E-state index is 0.522. The second kappa shape index (κ2) is 5.73. The molecule has 0 aliphatic rings. The van der Waals surface area contributed by atoms with Crippen LogP contribution in [0.5, 0.6) is 0 Å². The van der Waals surface area contributed by atoms with Gasteiger partial charge in [0.25, 0.3) is 0 Å². The number of anilines is 3. The number of aromatic nitrogens is 2. The van der Waals surface area contributed by atoms with Crippen LogP contribution in [0.3, 0.4) is 0 Å². The normalized spacial score (nSPS) is 10.2. The zero-order valence-corrected chi connectivity index (χ0v) is 12.4. The number of benzene rings is 1. The largest absolute Gasteiger partial charge is 0.357 e. The number of nitrogens with one attached hydrogen (secondary N) is 2. The third-order valence-electron chi connectivity index (χ3n) is 2.09. The smallest absolute Gasteiger partial charge is 0.224 e. The molecule has 1 heterocycles. The third kappa shape index (κ3) is 3.25. The molecule has 0 saturated carbocycles. The van der Waals surface area contributed by atoms with Crippen molar-refractivity contribution >= 4 is 56.6 Å². The summed E-state index contributed by atoms with van der Waals surface area (Å²) in [5.41, 5.74) is 0.758. The van der Waals surface area contributed by atoms with E-state index in [9.17, 15) is 0 Å². The first-order valence-electron chi connectivity index (χ1n) is 5.02. The average Bonchev–Trinajstić information content (AvgIpc) is 2.30. The molecule has 0 amide bonds. The molecule has 0 aliphatic carbocycles. The molecule has 0 fully saturated rings. The number of rotatable bonds is 3. The molecular formula is C11H9BrCl2N4. The molecule has 0 radical (unpaired) electrons. The Balaban J connectivity index is 2.33. The quantitative estimate of drug-likeness (QED) is 0.867. The van der Waals surface area contributed by atoms with Crippen molar-refractivity contribution in [3.8, 4) is 0 Å². The Labute approximate surface area is 123 Å². The average molecular weight is 348 g/mol. The van der Waals surface area contributed by atoms with E-state index in [0.717, 1.165) is 10.2 Å². The molecule has 0 bridgehead atoms. The van der Waals surface area contributed by atoms with Crippen LogP contribution in [0, 0.1) is 0 Å². The molecule has 0 aliphatic heterocycles. The highest BCUT2D eigenvalue weighted by atomic mass is 79.9. The molecule has 0 unspecified atom stereocenters. The highest BCUT2D eigenvalue weighted by molar-refractivity contribution is 9.10. The highest BCUT2D eigenvalue weighted by Gasteiger charge is 2.06. The first-order valence-corrected chi connectivity index (χ1v) is 6.57. The van der Waals surface area contributed by atoms with Crippen LogP contribution in [0.4, 0.5) is 17.5 Å². The van der Waals surface area contributed by atoms with Crippen LogP contribution in [0.15, 0.2) is 28.9 Å². The predicted molar refractivity (Wildman–Crippen MR) is 79.0 cm³/mol. The summed E-state index contributed by atoms with van der Waals surface area (Å²) in [7, 11) is 1.75. The fourth-order valence-electron chi connectivity index (χ4n) is 1.34. The zero-order valence-electron chi connectivity index (χ0n) is 9.34. The van der Waals surface area contributed by atoms with E-state index in [1.165, 1.54) is 0 Å². The third-order valence-corrected chi connectivity index (χ3v) is 3.11. The maximum Gasteiger partial charge on any atom is 0.224 e. The van der Waals surface area contributed by atoms with E-state index in [4.69, 9.17) is 23.2 Å². The minimum Gasteiger partial charge on any atom is -0.357 e. The van der Waals surface area contributed by atoms with E-state index in [0.29, 0.717) is 21.8 Å². The monoisotopic (exact) mass is 346 g/mol. The lowest BCUT2D eigenvalue weighted by Gasteiger charge is -2.09. The summed E-state index contributed by atoms with van der Waals surface area (Å²) in [6.45, 7) is 0. The maximum absolute atomic E-state index is 5.93. The van der Waals surface area contributed by atoms with Crippen LogP contribution in [-0.2, 0) is 0 Å². The van der Waals surface area contributed by atoms with Gasteiger partial charge in [-0.1, -0.05) is 23.2 Å². The minimum absolute atomic E-state index is 0.522. The van der Waals surface area contributed by atoms with Crippen LogP contribution in [0.25, 0.3) is 0 Å². The van der Waals surface area contributed by atoms with Crippen molar-refractivity contribution in [2.75, 3.05) is 17.7 Å². The van der Waals surface area contributed by atoms with E-state index in [2.05, 4.69) is 36.5 Å². The summed E-state index contributed by atoms with van der Waals surface area (Å²) in [6, 6.07) is 5.20. The Kier molecular flexibility index (Phi) is 4.27. The van der Waals surface area contributed by atoms with Crippen LogP contribution < -0.4 is 10.6 Å². The van der Waals surface area contributed by atoms with Crippen molar-refractivity contribution in [1.29, 1.82) is 0 Å². The predicted octanol–water partition coefficient (Wildman–Crippen LogP) is 4.33. The van der Waals surface area contributed by atoms with Gasteiger partial charge in [-0.15, -0.1) is 0 Å². The topological polar surface area (TPSA) is 49.8 Å². The van der Waals surface area contributed by atoms with Gasteiger partial charge in [0.05, 0.1) is 4.47 Å². The van der Waals surface area contributed by atoms with E-state index >= 15 is 0 Å². The number of hydrogen-bond donors (Lipinski definition) is 2. The lowest BCUT2D eigenvalue weighted by Crippen LogP contribution is -2.01. The Morgan fingerprint density at radius 3 is 2.44 bits per heavy atom. The number of hydrogen-bond acceptors (Lipinski definition) is 4. The van der Waals surface area contributed by atoms with Gasteiger partial charge >= 0.3 is 0 Å². The molecule has 94 valence electrons. The van der Waals surface area contributed by atoms with Gasteiger partial charge in [-0.05, 0) is 34.1 Å². The van der Waals surface area contributed by atoms with Gasteiger partial charge in [-0.3, -0.25) is 0 Å². The van der Waals surface area contributed by atoms with E-state index in [1.54, 1.807) is 31.4 Å².